The smallest absolute Gasteiger partial charge is 0.326 e. The minimum absolute atomic E-state index is 0.00715. The molecule has 0 aliphatic carbocycles. The maximum Gasteiger partial charge on any atom is 0.326 e. The van der Waals surface area contributed by atoms with E-state index >= 15 is 0 Å². The van der Waals surface area contributed by atoms with Crippen LogP contribution in [0.3, 0.4) is 0 Å². The van der Waals surface area contributed by atoms with E-state index in [2.05, 4.69) is 41.8 Å². The van der Waals surface area contributed by atoms with E-state index in [1.807, 2.05) is 4.72 Å². The van der Waals surface area contributed by atoms with Gasteiger partial charge >= 0.3 is 5.97 Å². The molecule has 4 amide bonds. The van der Waals surface area contributed by atoms with Crippen molar-refractivity contribution < 1.29 is 67.0 Å². The number of carboxylic acids is 1. The molecule has 0 fully saturated rings. The molecule has 0 spiro atoms. The molecule has 0 saturated carbocycles. The fourth-order valence-electron chi connectivity index (χ4n) is 7.19. The van der Waals surface area contributed by atoms with Crippen LogP contribution in [0.25, 0.3) is 16.8 Å². The molecule has 0 unspecified atom stereocenters. The molecule has 25 nitrogen and oxygen atoms in total. The number of aliphatic carboxylic acids is 1. The third kappa shape index (κ3) is 15.6. The van der Waals surface area contributed by atoms with Gasteiger partial charge in [0.05, 0.1) is 24.1 Å². The number of nitrogens with zero attached hydrogens (tertiary/aromatic N) is 3. The minimum Gasteiger partial charge on any atom is -0.504 e. The van der Waals surface area contributed by atoms with Crippen molar-refractivity contribution in [2.75, 3.05) is 46.5 Å². The van der Waals surface area contributed by atoms with Crippen LogP contribution in [0.5, 0.6) is 23.0 Å². The zero-order valence-corrected chi connectivity index (χ0v) is 41.5. The number of carboxylic acid groups (broad SMARTS) is 1. The molecule has 2 heterocycles. The first-order chi connectivity index (χ1) is 34.3. The van der Waals surface area contributed by atoms with Crippen LogP contribution in [0.2, 0.25) is 0 Å². The Bertz CT molecular complexity index is 2820. The second-order valence-electron chi connectivity index (χ2n) is 18.4. The number of aromatic hydroxyl groups is 1. The molecule has 4 aromatic rings. The van der Waals surface area contributed by atoms with Gasteiger partial charge in [0.1, 0.15) is 61.1 Å². The third-order valence-electron chi connectivity index (χ3n) is 11.3. The number of carbonyl (C=O) groups excluding carboxylic acids is 4. The first-order valence-electron chi connectivity index (χ1n) is 22.8. The summed E-state index contributed by atoms with van der Waals surface area (Å²) in [7, 11) is -3.47. The summed E-state index contributed by atoms with van der Waals surface area (Å²) in [4.78, 5) is 83.4. The maximum atomic E-state index is 14.8. The molecule has 0 saturated heterocycles. The summed E-state index contributed by atoms with van der Waals surface area (Å²) in [5.41, 5.74) is 10.5. The summed E-state index contributed by atoms with van der Waals surface area (Å²) in [5, 5.41) is 59.2. The van der Waals surface area contributed by atoms with Crippen LogP contribution in [0, 0.1) is 5.41 Å². The van der Waals surface area contributed by atoms with Crippen LogP contribution in [0.15, 0.2) is 71.7 Å². The molecule has 26 heteroatoms. The zero-order chi connectivity index (χ0) is 53.9. The van der Waals surface area contributed by atoms with Crippen molar-refractivity contribution in [2.45, 2.75) is 76.9 Å². The minimum atomic E-state index is -4.56. The van der Waals surface area contributed by atoms with Crippen LogP contribution < -0.4 is 57.0 Å². The van der Waals surface area contributed by atoms with Crippen molar-refractivity contribution in [1.82, 2.24) is 35.4 Å². The van der Waals surface area contributed by atoms with E-state index in [9.17, 15) is 57.6 Å². The van der Waals surface area contributed by atoms with Gasteiger partial charge in [-0.3, -0.25) is 24.0 Å². The number of nitrogens with one attached hydrogen (secondary N) is 4. The van der Waals surface area contributed by atoms with E-state index in [1.165, 1.54) is 31.2 Å². The molecule has 5 rings (SSSR count). The number of fused-ring (bicyclic) bond motifs is 5. The summed E-state index contributed by atoms with van der Waals surface area (Å²) in [6.07, 6.45) is -0.927. The van der Waals surface area contributed by atoms with E-state index in [0.29, 0.717) is 18.0 Å². The molecule has 14 N–H and O–H groups in total. The molecule has 1 aliphatic heterocycles. The Labute approximate surface area is 420 Å². The fraction of sp³-hybridized carbons (Fsp3) is 0.426. The van der Waals surface area contributed by atoms with E-state index in [0.717, 1.165) is 41.4 Å². The number of aromatic nitrogens is 2. The van der Waals surface area contributed by atoms with E-state index in [1.54, 1.807) is 24.3 Å². The summed E-state index contributed by atoms with van der Waals surface area (Å²) in [5.74, 6) is -6.23. The number of aliphatic hydroxyl groups excluding tert-OH is 2. The number of phenolic OH excluding ortho intramolecular Hbond substituents is 1. The fourth-order valence-corrected chi connectivity index (χ4v) is 7.59. The molecule has 3 aromatic carbocycles. The highest BCUT2D eigenvalue weighted by molar-refractivity contribution is 7.87. The van der Waals surface area contributed by atoms with Gasteiger partial charge in [-0.05, 0) is 78.4 Å². The van der Waals surface area contributed by atoms with Crippen molar-refractivity contribution in [3.05, 3.63) is 93.9 Å². The monoisotopic (exact) mass is 1040 g/mol. The van der Waals surface area contributed by atoms with Gasteiger partial charge in [0.15, 0.2) is 11.5 Å². The Balaban J connectivity index is 1.60. The molecule has 396 valence electrons. The lowest BCUT2D eigenvalue weighted by Gasteiger charge is -2.32. The number of benzene rings is 3. The highest BCUT2D eigenvalue weighted by Gasteiger charge is 2.37. The highest BCUT2D eigenvalue weighted by atomic mass is 32.2. The van der Waals surface area contributed by atoms with Gasteiger partial charge in [-0.2, -0.15) is 22.9 Å². The Morgan fingerprint density at radius 2 is 1.55 bits per heavy atom. The van der Waals surface area contributed by atoms with Crippen molar-refractivity contribution in [2.24, 2.45) is 22.0 Å². The number of hydrogen-bond donors (Lipinski definition) is 11. The number of rotatable bonds is 20. The number of amides is 4. The molecule has 4 bridgehead atoms. The van der Waals surface area contributed by atoms with Crippen molar-refractivity contribution in [3.63, 3.8) is 0 Å². The highest BCUT2D eigenvalue weighted by Crippen LogP contribution is 2.45. The number of aliphatic hydroxyl groups is 2. The van der Waals surface area contributed by atoms with Crippen LogP contribution in [0.1, 0.15) is 61.6 Å². The Kier molecular flexibility index (Phi) is 19.0. The number of hydrogen-bond acceptors (Lipinski definition) is 17. The largest absolute Gasteiger partial charge is 0.504 e. The Morgan fingerprint density at radius 3 is 2.14 bits per heavy atom. The van der Waals surface area contributed by atoms with Crippen LogP contribution >= 0.6 is 0 Å². The molecule has 1 aliphatic rings. The normalized spacial score (nSPS) is 17.4. The van der Waals surface area contributed by atoms with Gasteiger partial charge in [0.2, 0.25) is 17.7 Å². The van der Waals surface area contributed by atoms with Crippen molar-refractivity contribution >= 4 is 39.8 Å². The van der Waals surface area contributed by atoms with Crippen LogP contribution in [0.4, 0.5) is 0 Å². The van der Waals surface area contributed by atoms with E-state index in [4.69, 9.17) is 30.8 Å². The molecule has 73 heavy (non-hydrogen) atoms. The van der Waals surface area contributed by atoms with E-state index in [-0.39, 0.29) is 70.8 Å². The van der Waals surface area contributed by atoms with E-state index < -0.39 is 101 Å². The lowest BCUT2D eigenvalue weighted by molar-refractivity contribution is -0.143. The topological polar surface area (TPSA) is 392 Å². The summed E-state index contributed by atoms with van der Waals surface area (Å²) in [6, 6.07) is 7.23. The molecule has 0 radical (unpaired) electrons. The molecular weight excluding hydrogens is 977 g/mol. The van der Waals surface area contributed by atoms with Gasteiger partial charge in [-0.15, -0.1) is 0 Å². The Hall–Kier alpha value is -7.20. The Morgan fingerprint density at radius 1 is 0.904 bits per heavy atom. The van der Waals surface area contributed by atoms with Crippen molar-refractivity contribution in [3.8, 4) is 39.8 Å². The first kappa shape index (κ1) is 56.7. The zero-order valence-electron chi connectivity index (χ0n) is 40.7. The quantitative estimate of drug-likeness (QED) is 0.0482. The second-order valence-corrected chi connectivity index (χ2v) is 19.8. The number of nitrogens with two attached hydrogens (primary N) is 3. The predicted octanol–water partition coefficient (Wildman–Crippen LogP) is -1.46. The van der Waals surface area contributed by atoms with Gasteiger partial charge in [-0.1, -0.05) is 26.8 Å². The molecule has 1 aromatic heterocycles. The predicted molar refractivity (Wildman–Crippen MR) is 263 cm³/mol. The summed E-state index contributed by atoms with van der Waals surface area (Å²) in [6.45, 7) is 5.68. The lowest BCUT2D eigenvalue weighted by atomic mass is 9.93. The number of carbonyl (C=O) groups is 5. The van der Waals surface area contributed by atoms with Gasteiger partial charge in [0.25, 0.3) is 21.7 Å². The summed E-state index contributed by atoms with van der Waals surface area (Å²) < 4.78 is 44.9. The first-order valence-corrected chi connectivity index (χ1v) is 24.4. The van der Waals surface area contributed by atoms with Crippen molar-refractivity contribution in [1.29, 1.82) is 0 Å². The van der Waals surface area contributed by atoms with Gasteiger partial charge in [-0.25, -0.2) is 9.93 Å². The summed E-state index contributed by atoms with van der Waals surface area (Å²) >= 11 is 0. The van der Waals surface area contributed by atoms with Crippen LogP contribution in [-0.2, 0) is 35.8 Å². The molecule has 6 atom stereocenters. The number of phenols is 1. The SMILES string of the molecule is C[C@@H]1NC(=O)[C@@H](N(C)C(=O)[C@H](CNS(N)(=O)=O)NC(=O)c2cnn(-c3ccc(OCCC(C)(C)C)cc3)c(=O)c2)c2cc(OC[C@H](O)CN)c(O)c(c2)-c2cc(ccc2OC[C@H](O)CN)C[C@@H](C(=O)O)NC1=O. The number of ether oxygens (including phenoxy) is 3. The van der Waals surface area contributed by atoms with Crippen LogP contribution in [-0.4, -0.2) is 150 Å². The van der Waals surface area contributed by atoms with Gasteiger partial charge < -0.3 is 67.0 Å². The average Bonchev–Trinajstić information content (AvgIpc) is 3.33. The second kappa shape index (κ2) is 24.5. The average molecular weight is 1040 g/mol. The lowest BCUT2D eigenvalue weighted by Crippen LogP contribution is -2.57. The standard InChI is InChI=1S/C47H62N10O15S/c1-25-42(62)54-35(46(66)67)15-26-6-11-37(71-23-30(58)19-48)33(14-26)34-16-27(17-38(41(34)61)72-24-31(59)20-49)40(44(64)53-25)56(5)45(65)36(22-52-73(50,68)69)55-43(63)28-18-39(60)57(51-21-28)29-7-9-32(10-8-29)70-13-12-47(2,3)4/h6-11,14,16-18,21,25,30-31,35-36,40,52,58-59,61H,12-13,15,19-20,22-24,48-49H2,1-5H3,(H,53,64)(H,54,62)(H,55,63)(H,66,67)(H2,50,68,69)/t25-,30+,31+,35-,36-,40-/m0/s1. The molecular formula is C47H62N10O15S. The van der Waals surface area contributed by atoms with Gasteiger partial charge in [0, 0.05) is 50.3 Å². The number of likely N-dealkylation sites (N-methyl/N-ethyl adjacent to an activating group) is 1. The third-order valence-corrected chi connectivity index (χ3v) is 11.9. The maximum absolute atomic E-state index is 14.8.